The Bertz CT molecular complexity index is 982. The fraction of sp³-hybridized carbons (Fsp3) is 0.200. The van der Waals surface area contributed by atoms with Crippen LogP contribution in [-0.2, 0) is 11.0 Å². The number of benzene rings is 2. The predicted octanol–water partition coefficient (Wildman–Crippen LogP) is 5.31. The number of anilines is 1. The van der Waals surface area contributed by atoms with Crippen molar-refractivity contribution in [2.45, 2.75) is 13.1 Å². The summed E-state index contributed by atoms with van der Waals surface area (Å²) in [6, 6.07) is 9.03. The van der Waals surface area contributed by atoms with Gasteiger partial charge in [-0.2, -0.15) is 18.4 Å². The number of halogens is 4. The van der Waals surface area contributed by atoms with E-state index in [-0.39, 0.29) is 16.3 Å². The first-order chi connectivity index (χ1) is 13.7. The van der Waals surface area contributed by atoms with E-state index in [0.29, 0.717) is 29.7 Å². The van der Waals surface area contributed by atoms with E-state index in [2.05, 4.69) is 5.32 Å². The second-order valence-corrected chi connectivity index (χ2v) is 6.07. The average Bonchev–Trinajstić information content (AvgIpc) is 2.67. The predicted molar refractivity (Wildman–Crippen MR) is 103 cm³/mol. The lowest BCUT2D eigenvalue weighted by atomic mass is 10.1. The number of alkyl halides is 3. The molecule has 0 spiro atoms. The quantitative estimate of drug-likeness (QED) is 0.503. The number of nitriles is 1. The van der Waals surface area contributed by atoms with Crippen molar-refractivity contribution in [2.75, 3.05) is 19.0 Å². The number of methoxy groups -OCH3 is 1. The Morgan fingerprint density at radius 2 is 1.97 bits per heavy atom. The molecule has 29 heavy (non-hydrogen) atoms. The van der Waals surface area contributed by atoms with E-state index in [9.17, 15) is 23.2 Å². The number of rotatable bonds is 6. The molecule has 1 amide bonds. The van der Waals surface area contributed by atoms with Crippen LogP contribution in [0.25, 0.3) is 6.08 Å². The summed E-state index contributed by atoms with van der Waals surface area (Å²) in [6.07, 6.45) is -3.33. The molecule has 0 unspecified atom stereocenters. The molecule has 0 saturated carbocycles. The Labute approximate surface area is 170 Å². The van der Waals surface area contributed by atoms with Crippen LogP contribution in [0.4, 0.5) is 18.9 Å². The first-order valence-corrected chi connectivity index (χ1v) is 8.68. The average molecular weight is 425 g/mol. The van der Waals surface area contributed by atoms with Gasteiger partial charge >= 0.3 is 6.18 Å². The SMILES string of the molecule is CCOc1ccc(C=C(C#N)C(=O)Nc2cc(C(F)(F)F)ccc2Cl)cc1OC. The van der Waals surface area contributed by atoms with Gasteiger partial charge in [-0.3, -0.25) is 4.79 Å². The topological polar surface area (TPSA) is 71.3 Å². The second-order valence-electron chi connectivity index (χ2n) is 5.66. The Morgan fingerprint density at radius 3 is 2.55 bits per heavy atom. The molecule has 0 aliphatic heterocycles. The maximum atomic E-state index is 12.9. The Kier molecular flexibility index (Phi) is 7.13. The number of carbonyl (C=O) groups excluding carboxylic acids is 1. The molecule has 0 radical (unpaired) electrons. The molecule has 0 atom stereocenters. The van der Waals surface area contributed by atoms with Gasteiger partial charge in [-0.15, -0.1) is 0 Å². The van der Waals surface area contributed by atoms with Crippen molar-refractivity contribution in [2.24, 2.45) is 0 Å². The number of nitrogens with one attached hydrogen (secondary N) is 1. The highest BCUT2D eigenvalue weighted by Crippen LogP contribution is 2.34. The van der Waals surface area contributed by atoms with Crippen molar-refractivity contribution in [3.8, 4) is 17.6 Å². The van der Waals surface area contributed by atoms with Crippen molar-refractivity contribution in [3.05, 3.63) is 58.1 Å². The van der Waals surface area contributed by atoms with Gasteiger partial charge in [-0.1, -0.05) is 17.7 Å². The number of hydrogen-bond acceptors (Lipinski definition) is 4. The van der Waals surface area contributed by atoms with Gasteiger partial charge in [0, 0.05) is 0 Å². The lowest BCUT2D eigenvalue weighted by Crippen LogP contribution is -2.15. The summed E-state index contributed by atoms with van der Waals surface area (Å²) >= 11 is 5.87. The molecular weight excluding hydrogens is 409 g/mol. The fourth-order valence-electron chi connectivity index (χ4n) is 2.35. The molecule has 9 heteroatoms. The van der Waals surface area contributed by atoms with Crippen molar-refractivity contribution >= 4 is 29.3 Å². The molecule has 0 aromatic heterocycles. The summed E-state index contributed by atoms with van der Waals surface area (Å²) in [7, 11) is 1.44. The van der Waals surface area contributed by atoms with E-state index in [0.717, 1.165) is 12.1 Å². The van der Waals surface area contributed by atoms with Crippen molar-refractivity contribution in [1.29, 1.82) is 5.26 Å². The number of nitrogens with zero attached hydrogens (tertiary/aromatic N) is 1. The molecule has 0 saturated heterocycles. The maximum absolute atomic E-state index is 12.9. The van der Waals surface area contributed by atoms with Gasteiger partial charge in [-0.25, -0.2) is 0 Å². The molecule has 2 rings (SSSR count). The van der Waals surface area contributed by atoms with E-state index in [1.165, 1.54) is 13.2 Å². The Balaban J connectivity index is 2.31. The minimum Gasteiger partial charge on any atom is -0.493 e. The zero-order valence-electron chi connectivity index (χ0n) is 15.4. The van der Waals surface area contributed by atoms with Crippen molar-refractivity contribution < 1.29 is 27.4 Å². The fourth-order valence-corrected chi connectivity index (χ4v) is 2.52. The standard InChI is InChI=1S/C20H16ClF3N2O3/c1-3-29-17-7-4-12(9-18(17)28-2)8-13(11-25)19(27)26-16-10-14(20(22,23)24)5-6-15(16)21/h4-10H,3H2,1-2H3,(H,26,27). The molecule has 0 aliphatic rings. The van der Waals surface area contributed by atoms with Gasteiger partial charge in [0.1, 0.15) is 11.6 Å². The highest BCUT2D eigenvalue weighted by Gasteiger charge is 2.31. The largest absolute Gasteiger partial charge is 0.493 e. The van der Waals surface area contributed by atoms with Gasteiger partial charge < -0.3 is 14.8 Å². The molecule has 0 fully saturated rings. The number of carbonyl (C=O) groups is 1. The van der Waals surface area contributed by atoms with Crippen LogP contribution in [0.1, 0.15) is 18.1 Å². The van der Waals surface area contributed by atoms with E-state index in [1.54, 1.807) is 24.3 Å². The van der Waals surface area contributed by atoms with Crippen LogP contribution in [0.3, 0.4) is 0 Å². The molecule has 0 heterocycles. The number of hydrogen-bond donors (Lipinski definition) is 1. The monoisotopic (exact) mass is 424 g/mol. The second kappa shape index (κ2) is 9.34. The van der Waals surface area contributed by atoms with Gasteiger partial charge in [0.25, 0.3) is 5.91 Å². The zero-order valence-corrected chi connectivity index (χ0v) is 16.2. The minimum atomic E-state index is -4.60. The third kappa shape index (κ3) is 5.65. The van der Waals surface area contributed by atoms with Crippen LogP contribution in [0.5, 0.6) is 11.5 Å². The molecule has 0 bridgehead atoms. The Morgan fingerprint density at radius 1 is 1.24 bits per heavy atom. The summed E-state index contributed by atoms with van der Waals surface area (Å²) in [5.41, 5.74) is -1.09. The van der Waals surface area contributed by atoms with E-state index in [4.69, 9.17) is 21.1 Å². The summed E-state index contributed by atoms with van der Waals surface area (Å²) in [6.45, 7) is 2.24. The van der Waals surface area contributed by atoms with Crippen molar-refractivity contribution in [3.63, 3.8) is 0 Å². The van der Waals surface area contributed by atoms with Gasteiger partial charge in [-0.05, 0) is 48.9 Å². The molecular formula is C20H16ClF3N2O3. The summed E-state index contributed by atoms with van der Waals surface area (Å²) < 4.78 is 49.2. The minimum absolute atomic E-state index is 0.0913. The third-order valence-electron chi connectivity index (χ3n) is 3.71. The summed E-state index contributed by atoms with van der Waals surface area (Å²) in [5, 5.41) is 11.5. The van der Waals surface area contributed by atoms with Crippen LogP contribution in [0.15, 0.2) is 42.0 Å². The highest BCUT2D eigenvalue weighted by atomic mass is 35.5. The van der Waals surface area contributed by atoms with E-state index >= 15 is 0 Å². The lowest BCUT2D eigenvalue weighted by molar-refractivity contribution is -0.137. The zero-order chi connectivity index (χ0) is 21.6. The van der Waals surface area contributed by atoms with Crippen LogP contribution in [0.2, 0.25) is 5.02 Å². The molecule has 0 aliphatic carbocycles. The molecule has 2 aromatic carbocycles. The van der Waals surface area contributed by atoms with Gasteiger partial charge in [0.15, 0.2) is 11.5 Å². The van der Waals surface area contributed by atoms with Gasteiger partial charge in [0.05, 0.1) is 30.0 Å². The third-order valence-corrected chi connectivity index (χ3v) is 4.04. The normalized spacial score (nSPS) is 11.6. The summed E-state index contributed by atoms with van der Waals surface area (Å²) in [4.78, 5) is 12.4. The molecule has 5 nitrogen and oxygen atoms in total. The first kappa shape index (κ1) is 22.1. The molecule has 152 valence electrons. The number of amides is 1. The smallest absolute Gasteiger partial charge is 0.416 e. The van der Waals surface area contributed by atoms with E-state index < -0.39 is 17.6 Å². The summed E-state index contributed by atoms with van der Waals surface area (Å²) in [5.74, 6) is -0.00773. The van der Waals surface area contributed by atoms with Crippen LogP contribution in [0, 0.1) is 11.3 Å². The molecule has 2 aromatic rings. The lowest BCUT2D eigenvalue weighted by Gasteiger charge is -2.12. The van der Waals surface area contributed by atoms with E-state index in [1.807, 2.05) is 6.92 Å². The Hall–Kier alpha value is -3.18. The molecule has 1 N–H and O–H groups in total. The van der Waals surface area contributed by atoms with Crippen LogP contribution < -0.4 is 14.8 Å². The van der Waals surface area contributed by atoms with Gasteiger partial charge in [0.2, 0.25) is 0 Å². The number of ether oxygens (including phenoxy) is 2. The maximum Gasteiger partial charge on any atom is 0.416 e. The van der Waals surface area contributed by atoms with Crippen LogP contribution >= 0.6 is 11.6 Å². The highest BCUT2D eigenvalue weighted by molar-refractivity contribution is 6.34. The first-order valence-electron chi connectivity index (χ1n) is 8.30. The van der Waals surface area contributed by atoms with Crippen LogP contribution in [-0.4, -0.2) is 19.6 Å². The van der Waals surface area contributed by atoms with Crippen molar-refractivity contribution in [1.82, 2.24) is 0 Å².